The maximum absolute atomic E-state index is 12.4. The minimum atomic E-state index is -4.99. The van der Waals surface area contributed by atoms with E-state index >= 15 is 0 Å². The zero-order valence-corrected chi connectivity index (χ0v) is 15.7. The molecule has 5 nitrogen and oxygen atoms in total. The summed E-state index contributed by atoms with van der Waals surface area (Å²) < 4.78 is 42.3. The van der Waals surface area contributed by atoms with E-state index in [4.69, 9.17) is 4.74 Å². The van der Waals surface area contributed by atoms with Crippen molar-refractivity contribution >= 4 is 40.9 Å². The molecule has 2 heterocycles. The monoisotopic (exact) mass is 408 g/mol. The highest BCUT2D eigenvalue weighted by atomic mass is 32.1. The number of aliphatic imine (C=N–C) groups is 1. The van der Waals surface area contributed by atoms with Crippen LogP contribution in [0.3, 0.4) is 0 Å². The molecule has 0 fully saturated rings. The van der Waals surface area contributed by atoms with Crippen LogP contribution in [0.1, 0.15) is 27.8 Å². The number of hydrogen-bond acceptors (Lipinski definition) is 5. The number of hydrogen-bond donors (Lipinski definition) is 1. The lowest BCUT2D eigenvalue weighted by Crippen LogP contribution is -2.29. The first-order valence-electron chi connectivity index (χ1n) is 8.28. The second-order valence-corrected chi connectivity index (χ2v) is 7.12. The highest BCUT2D eigenvalue weighted by Crippen LogP contribution is 2.27. The van der Waals surface area contributed by atoms with E-state index in [1.54, 1.807) is 11.4 Å². The van der Waals surface area contributed by atoms with Crippen LogP contribution < -0.4 is 5.32 Å². The summed E-state index contributed by atoms with van der Waals surface area (Å²) in [4.78, 5) is 29.3. The van der Waals surface area contributed by atoms with Crippen molar-refractivity contribution in [1.29, 1.82) is 0 Å². The molecule has 1 N–H and O–H groups in total. The number of aryl methyl sites for hydroxylation is 2. The van der Waals surface area contributed by atoms with Gasteiger partial charge in [0.15, 0.2) is 5.70 Å². The molecule has 0 bridgehead atoms. The number of anilines is 1. The Labute approximate surface area is 162 Å². The third kappa shape index (κ3) is 4.30. The fourth-order valence-electron chi connectivity index (χ4n) is 2.56. The maximum atomic E-state index is 12.4. The highest BCUT2D eigenvalue weighted by molar-refractivity contribution is 7.14. The molecule has 1 aromatic carbocycles. The van der Waals surface area contributed by atoms with E-state index in [0.29, 0.717) is 5.56 Å². The van der Waals surface area contributed by atoms with E-state index in [9.17, 15) is 22.8 Å². The second-order valence-electron chi connectivity index (χ2n) is 5.98. The molecular formula is C19H15F3N2O3S. The zero-order valence-electron chi connectivity index (χ0n) is 14.9. The molecule has 0 aliphatic carbocycles. The first-order valence-corrected chi connectivity index (χ1v) is 9.09. The average molecular weight is 408 g/mol. The molecule has 1 amide bonds. The van der Waals surface area contributed by atoms with Gasteiger partial charge >= 0.3 is 18.1 Å². The van der Waals surface area contributed by atoms with Crippen LogP contribution in [0, 0.1) is 6.92 Å². The number of carbonyl (C=O) groups is 2. The SMILES string of the molecule is CCc1sc(C2=NC(=Cc3cccc(NC(=O)C(F)(F)F)c3)C(=O)O2)cc1C. The Morgan fingerprint density at radius 1 is 1.32 bits per heavy atom. The zero-order chi connectivity index (χ0) is 20.5. The van der Waals surface area contributed by atoms with Gasteiger partial charge in [-0.3, -0.25) is 4.79 Å². The van der Waals surface area contributed by atoms with Crippen molar-refractivity contribution in [3.8, 4) is 0 Å². The normalized spacial score (nSPS) is 15.5. The Kier molecular flexibility index (Phi) is 5.37. The average Bonchev–Trinajstić information content (AvgIpc) is 3.17. The summed E-state index contributed by atoms with van der Waals surface area (Å²) in [6, 6.07) is 7.54. The number of ether oxygens (including phenoxy) is 1. The Morgan fingerprint density at radius 2 is 2.07 bits per heavy atom. The lowest BCUT2D eigenvalue weighted by molar-refractivity contribution is -0.167. The van der Waals surface area contributed by atoms with Crippen molar-refractivity contribution in [3.63, 3.8) is 0 Å². The van der Waals surface area contributed by atoms with Crippen LogP contribution in [-0.2, 0) is 20.7 Å². The number of halogens is 3. The molecule has 1 aliphatic rings. The number of benzene rings is 1. The van der Waals surface area contributed by atoms with Crippen molar-refractivity contribution in [2.75, 3.05) is 5.32 Å². The molecule has 1 aliphatic heterocycles. The van der Waals surface area contributed by atoms with Crippen LogP contribution in [0.15, 0.2) is 41.0 Å². The molecule has 0 radical (unpaired) electrons. The van der Waals surface area contributed by atoms with Gasteiger partial charge in [0.25, 0.3) is 0 Å². The third-order valence-corrected chi connectivity index (χ3v) is 5.25. The summed E-state index contributed by atoms with van der Waals surface area (Å²) in [7, 11) is 0. The molecule has 0 saturated carbocycles. The van der Waals surface area contributed by atoms with E-state index in [1.807, 2.05) is 19.9 Å². The van der Waals surface area contributed by atoms with E-state index < -0.39 is 18.1 Å². The summed E-state index contributed by atoms with van der Waals surface area (Å²) in [6.07, 6.45) is -2.74. The van der Waals surface area contributed by atoms with Crippen molar-refractivity contribution < 1.29 is 27.5 Å². The molecule has 0 spiro atoms. The number of nitrogens with zero attached hydrogens (tertiary/aromatic N) is 1. The van der Waals surface area contributed by atoms with Crippen LogP contribution >= 0.6 is 11.3 Å². The Morgan fingerprint density at radius 3 is 2.71 bits per heavy atom. The Bertz CT molecular complexity index is 1010. The predicted octanol–water partition coefficient (Wildman–Crippen LogP) is 4.46. The molecule has 0 atom stereocenters. The summed E-state index contributed by atoms with van der Waals surface area (Å²) in [5.74, 6) is -2.52. The van der Waals surface area contributed by atoms with Gasteiger partial charge < -0.3 is 10.1 Å². The topological polar surface area (TPSA) is 67.8 Å². The van der Waals surface area contributed by atoms with Gasteiger partial charge in [-0.1, -0.05) is 19.1 Å². The van der Waals surface area contributed by atoms with Gasteiger partial charge in [0.05, 0.1) is 4.88 Å². The number of carbonyl (C=O) groups excluding carboxylic acids is 2. The van der Waals surface area contributed by atoms with Crippen molar-refractivity contribution in [1.82, 2.24) is 0 Å². The largest absolute Gasteiger partial charge is 0.471 e. The van der Waals surface area contributed by atoms with Gasteiger partial charge in [0.1, 0.15) is 0 Å². The molecule has 0 unspecified atom stereocenters. The van der Waals surface area contributed by atoms with Crippen molar-refractivity contribution in [2.45, 2.75) is 26.4 Å². The number of alkyl halides is 3. The molecule has 1 aromatic heterocycles. The first kappa shape index (κ1) is 19.8. The molecule has 9 heteroatoms. The summed E-state index contributed by atoms with van der Waals surface area (Å²) in [6.45, 7) is 3.99. The highest BCUT2D eigenvalue weighted by Gasteiger charge is 2.38. The van der Waals surface area contributed by atoms with E-state index in [0.717, 1.165) is 16.9 Å². The Balaban J connectivity index is 1.84. The summed E-state index contributed by atoms with van der Waals surface area (Å²) in [5.41, 5.74) is 1.47. The van der Waals surface area contributed by atoms with Crippen LogP contribution in [0.25, 0.3) is 6.08 Å². The molecule has 2 aromatic rings. The van der Waals surface area contributed by atoms with Crippen LogP contribution in [0.4, 0.5) is 18.9 Å². The number of esters is 1. The van der Waals surface area contributed by atoms with Crippen LogP contribution in [0.2, 0.25) is 0 Å². The number of thiophene rings is 1. The van der Waals surface area contributed by atoms with Gasteiger partial charge in [-0.05, 0) is 48.7 Å². The lowest BCUT2D eigenvalue weighted by Gasteiger charge is -2.08. The first-order chi connectivity index (χ1) is 13.2. The van der Waals surface area contributed by atoms with Crippen LogP contribution in [-0.4, -0.2) is 24.0 Å². The Hall–Kier alpha value is -2.94. The number of nitrogens with one attached hydrogen (secondary N) is 1. The molecule has 28 heavy (non-hydrogen) atoms. The predicted molar refractivity (Wildman–Crippen MR) is 100 cm³/mol. The minimum absolute atomic E-state index is 0.0263. The standard InChI is InChI=1S/C19H15F3N2O3S/c1-3-14-10(2)7-15(28-14)16-24-13(17(25)27-16)9-11-5-4-6-12(8-11)23-18(26)19(20,21)22/h4-9H,3H2,1-2H3,(H,23,26). The van der Waals surface area contributed by atoms with Gasteiger partial charge in [-0.25, -0.2) is 9.79 Å². The van der Waals surface area contributed by atoms with Gasteiger partial charge in [0.2, 0.25) is 5.90 Å². The maximum Gasteiger partial charge on any atom is 0.471 e. The van der Waals surface area contributed by atoms with Gasteiger partial charge in [0, 0.05) is 10.6 Å². The van der Waals surface area contributed by atoms with Gasteiger partial charge in [-0.15, -0.1) is 11.3 Å². The van der Waals surface area contributed by atoms with Gasteiger partial charge in [-0.2, -0.15) is 13.2 Å². The van der Waals surface area contributed by atoms with Crippen molar-refractivity contribution in [3.05, 3.63) is 56.9 Å². The smallest absolute Gasteiger partial charge is 0.401 e. The molecule has 0 saturated heterocycles. The number of amides is 1. The molecule has 3 rings (SSSR count). The fourth-order valence-corrected chi connectivity index (χ4v) is 3.60. The summed E-state index contributed by atoms with van der Waals surface area (Å²) >= 11 is 1.49. The minimum Gasteiger partial charge on any atom is -0.401 e. The van der Waals surface area contributed by atoms with E-state index in [1.165, 1.54) is 40.5 Å². The number of cyclic esters (lactones) is 1. The van der Waals surface area contributed by atoms with Crippen LogP contribution in [0.5, 0.6) is 0 Å². The second kappa shape index (κ2) is 7.59. The van der Waals surface area contributed by atoms with E-state index in [2.05, 4.69) is 4.99 Å². The fraction of sp³-hybridized carbons (Fsp3) is 0.211. The third-order valence-electron chi connectivity index (χ3n) is 3.88. The molecular weight excluding hydrogens is 393 g/mol. The van der Waals surface area contributed by atoms with E-state index in [-0.39, 0.29) is 17.3 Å². The quantitative estimate of drug-likeness (QED) is 0.600. The molecule has 146 valence electrons. The lowest BCUT2D eigenvalue weighted by atomic mass is 10.1. The number of rotatable bonds is 4. The van der Waals surface area contributed by atoms with Crippen molar-refractivity contribution in [2.24, 2.45) is 4.99 Å². The summed E-state index contributed by atoms with van der Waals surface area (Å²) in [5, 5.41) is 1.76.